The molecular formula is C20H16F2O2. The lowest BCUT2D eigenvalue weighted by molar-refractivity contribution is 0.415. The van der Waals surface area contributed by atoms with Gasteiger partial charge in [-0.05, 0) is 24.3 Å². The van der Waals surface area contributed by atoms with Gasteiger partial charge in [0.05, 0.1) is 14.2 Å². The first kappa shape index (κ1) is 16.0. The monoisotopic (exact) mass is 326 g/mol. The minimum atomic E-state index is -0.526. The van der Waals surface area contributed by atoms with Crippen LogP contribution >= 0.6 is 0 Å². The van der Waals surface area contributed by atoms with E-state index in [4.69, 9.17) is 9.47 Å². The topological polar surface area (TPSA) is 18.5 Å². The van der Waals surface area contributed by atoms with Crippen LogP contribution in [0.4, 0.5) is 8.78 Å². The molecule has 3 aromatic rings. The molecule has 0 bridgehead atoms. The Morgan fingerprint density at radius 2 is 0.958 bits per heavy atom. The zero-order chi connectivity index (χ0) is 17.1. The maximum atomic E-state index is 14.7. The summed E-state index contributed by atoms with van der Waals surface area (Å²) >= 11 is 0. The molecule has 0 N–H and O–H groups in total. The van der Waals surface area contributed by atoms with Crippen molar-refractivity contribution in [2.24, 2.45) is 0 Å². The molecule has 0 heterocycles. The van der Waals surface area contributed by atoms with E-state index in [1.807, 2.05) is 0 Å². The highest BCUT2D eigenvalue weighted by Crippen LogP contribution is 2.37. The molecular weight excluding hydrogens is 310 g/mol. The molecule has 3 rings (SSSR count). The van der Waals surface area contributed by atoms with Crippen LogP contribution in [0.5, 0.6) is 11.5 Å². The van der Waals surface area contributed by atoms with Crippen LogP contribution in [0.1, 0.15) is 0 Å². The summed E-state index contributed by atoms with van der Waals surface area (Å²) in [4.78, 5) is 0. The van der Waals surface area contributed by atoms with E-state index in [-0.39, 0.29) is 11.1 Å². The molecule has 0 saturated heterocycles. The lowest BCUT2D eigenvalue weighted by Crippen LogP contribution is -1.95. The first-order valence-electron chi connectivity index (χ1n) is 7.41. The summed E-state index contributed by atoms with van der Waals surface area (Å²) < 4.78 is 39.9. The lowest BCUT2D eigenvalue weighted by Gasteiger charge is -2.13. The second-order valence-electron chi connectivity index (χ2n) is 5.21. The second-order valence-corrected chi connectivity index (χ2v) is 5.21. The third kappa shape index (κ3) is 2.83. The molecule has 0 saturated carbocycles. The van der Waals surface area contributed by atoms with E-state index in [1.165, 1.54) is 26.4 Å². The average molecular weight is 326 g/mol. The molecule has 0 aliphatic carbocycles. The van der Waals surface area contributed by atoms with Crippen LogP contribution in [-0.2, 0) is 0 Å². The van der Waals surface area contributed by atoms with E-state index in [0.717, 1.165) is 0 Å². The molecule has 0 spiro atoms. The number of hydrogen-bond acceptors (Lipinski definition) is 2. The van der Waals surface area contributed by atoms with Crippen molar-refractivity contribution in [3.05, 3.63) is 72.3 Å². The van der Waals surface area contributed by atoms with Gasteiger partial charge >= 0.3 is 0 Å². The fourth-order valence-electron chi connectivity index (χ4n) is 2.69. The van der Waals surface area contributed by atoms with Gasteiger partial charge in [-0.15, -0.1) is 0 Å². The minimum Gasteiger partial charge on any atom is -0.496 e. The molecule has 0 aliphatic rings. The molecule has 0 unspecified atom stereocenters. The highest BCUT2D eigenvalue weighted by molar-refractivity contribution is 5.77. The van der Waals surface area contributed by atoms with E-state index >= 15 is 0 Å². The van der Waals surface area contributed by atoms with Gasteiger partial charge in [-0.3, -0.25) is 0 Å². The summed E-state index contributed by atoms with van der Waals surface area (Å²) in [5.41, 5.74) is 1.32. The zero-order valence-electron chi connectivity index (χ0n) is 13.3. The van der Waals surface area contributed by atoms with Crippen LogP contribution in [0.3, 0.4) is 0 Å². The van der Waals surface area contributed by atoms with Gasteiger partial charge < -0.3 is 9.47 Å². The number of para-hydroxylation sites is 2. The van der Waals surface area contributed by atoms with E-state index in [0.29, 0.717) is 22.6 Å². The maximum absolute atomic E-state index is 14.7. The molecule has 3 aromatic carbocycles. The molecule has 0 atom stereocenters. The number of hydrogen-bond donors (Lipinski definition) is 0. The quantitative estimate of drug-likeness (QED) is 0.646. The molecule has 2 nitrogen and oxygen atoms in total. The molecule has 0 radical (unpaired) electrons. The normalized spacial score (nSPS) is 10.5. The number of halogens is 2. The summed E-state index contributed by atoms with van der Waals surface area (Å²) in [7, 11) is 2.99. The van der Waals surface area contributed by atoms with E-state index in [2.05, 4.69) is 0 Å². The third-order valence-corrected chi connectivity index (χ3v) is 3.85. The standard InChI is InChI=1S/C20H16F2O2/c1-23-19-9-5-3-7-13(19)15-11-18(22)16(12-17(15)21)14-8-4-6-10-20(14)24-2/h3-12H,1-2H3. The van der Waals surface area contributed by atoms with Gasteiger partial charge in [-0.25, -0.2) is 8.78 Å². The molecule has 0 aromatic heterocycles. The first-order valence-corrected chi connectivity index (χ1v) is 7.41. The predicted octanol–water partition coefficient (Wildman–Crippen LogP) is 5.32. The van der Waals surface area contributed by atoms with Crippen molar-refractivity contribution in [2.75, 3.05) is 14.2 Å². The summed E-state index contributed by atoms with van der Waals surface area (Å²) in [5, 5.41) is 0. The Bertz CT molecular complexity index is 802. The highest BCUT2D eigenvalue weighted by Gasteiger charge is 2.17. The van der Waals surface area contributed by atoms with Gasteiger partial charge in [-0.2, -0.15) is 0 Å². The van der Waals surface area contributed by atoms with E-state index in [1.54, 1.807) is 48.5 Å². The largest absolute Gasteiger partial charge is 0.496 e. The predicted molar refractivity (Wildman–Crippen MR) is 90.3 cm³/mol. The lowest BCUT2D eigenvalue weighted by atomic mass is 9.98. The first-order chi connectivity index (χ1) is 11.7. The number of ether oxygens (including phenoxy) is 2. The van der Waals surface area contributed by atoms with Crippen LogP contribution in [0.2, 0.25) is 0 Å². The smallest absolute Gasteiger partial charge is 0.131 e. The molecule has 24 heavy (non-hydrogen) atoms. The van der Waals surface area contributed by atoms with Gasteiger partial charge in [0.25, 0.3) is 0 Å². The number of methoxy groups -OCH3 is 2. The van der Waals surface area contributed by atoms with Crippen molar-refractivity contribution in [1.29, 1.82) is 0 Å². The van der Waals surface area contributed by atoms with Crippen molar-refractivity contribution < 1.29 is 18.3 Å². The zero-order valence-corrected chi connectivity index (χ0v) is 13.3. The Morgan fingerprint density at radius 1 is 0.583 bits per heavy atom. The Kier molecular flexibility index (Phi) is 4.47. The van der Waals surface area contributed by atoms with Crippen LogP contribution in [-0.4, -0.2) is 14.2 Å². The Morgan fingerprint density at radius 3 is 1.33 bits per heavy atom. The Balaban J connectivity index is 2.16. The van der Waals surface area contributed by atoms with Crippen LogP contribution in [0.25, 0.3) is 22.3 Å². The van der Waals surface area contributed by atoms with Crippen LogP contribution < -0.4 is 9.47 Å². The second kappa shape index (κ2) is 6.71. The third-order valence-electron chi connectivity index (χ3n) is 3.85. The summed E-state index contributed by atoms with van der Waals surface area (Å²) in [6.07, 6.45) is 0. The van der Waals surface area contributed by atoms with Gasteiger partial charge in [0.2, 0.25) is 0 Å². The number of benzene rings is 3. The van der Waals surface area contributed by atoms with Crippen LogP contribution in [0.15, 0.2) is 60.7 Å². The van der Waals surface area contributed by atoms with Gasteiger partial charge in [-0.1, -0.05) is 36.4 Å². The summed E-state index contributed by atoms with van der Waals surface area (Å²) in [5.74, 6) is -0.0784. The SMILES string of the molecule is COc1ccccc1-c1cc(F)c(-c2ccccc2OC)cc1F. The van der Waals surface area contributed by atoms with Crippen molar-refractivity contribution in [1.82, 2.24) is 0 Å². The van der Waals surface area contributed by atoms with Gasteiger partial charge in [0, 0.05) is 22.3 Å². The molecule has 0 aliphatic heterocycles. The van der Waals surface area contributed by atoms with E-state index < -0.39 is 11.6 Å². The van der Waals surface area contributed by atoms with Gasteiger partial charge in [0.1, 0.15) is 23.1 Å². The van der Waals surface area contributed by atoms with Crippen molar-refractivity contribution in [3.8, 4) is 33.8 Å². The molecule has 0 fully saturated rings. The fraction of sp³-hybridized carbons (Fsp3) is 0.100. The highest BCUT2D eigenvalue weighted by atomic mass is 19.1. The molecule has 122 valence electrons. The average Bonchev–Trinajstić information content (AvgIpc) is 2.63. The summed E-state index contributed by atoms with van der Waals surface area (Å²) in [6, 6.07) is 16.2. The molecule has 0 amide bonds. The Labute approximate surface area is 139 Å². The Hall–Kier alpha value is -2.88. The van der Waals surface area contributed by atoms with Crippen LogP contribution in [0, 0.1) is 11.6 Å². The summed E-state index contributed by atoms with van der Waals surface area (Å²) in [6.45, 7) is 0. The number of rotatable bonds is 4. The fourth-order valence-corrected chi connectivity index (χ4v) is 2.69. The maximum Gasteiger partial charge on any atom is 0.131 e. The minimum absolute atomic E-state index is 0.156. The van der Waals surface area contributed by atoms with Crippen molar-refractivity contribution >= 4 is 0 Å². The van der Waals surface area contributed by atoms with E-state index in [9.17, 15) is 8.78 Å². The van der Waals surface area contributed by atoms with Gasteiger partial charge in [0.15, 0.2) is 0 Å². The molecule has 4 heteroatoms. The van der Waals surface area contributed by atoms with Crippen molar-refractivity contribution in [3.63, 3.8) is 0 Å². The van der Waals surface area contributed by atoms with Crippen molar-refractivity contribution in [2.45, 2.75) is 0 Å².